The summed E-state index contributed by atoms with van der Waals surface area (Å²) in [6.45, 7) is 0.316. The van der Waals surface area contributed by atoms with Crippen LogP contribution < -0.4 is 5.32 Å². The van der Waals surface area contributed by atoms with E-state index in [2.05, 4.69) is 5.32 Å². The van der Waals surface area contributed by atoms with Crippen molar-refractivity contribution in [3.05, 3.63) is 0 Å². The van der Waals surface area contributed by atoms with Crippen LogP contribution in [0.25, 0.3) is 0 Å². The standard InChI is InChI=1S/C10H19NO4/c1-15-9-4-2-3-8(9)11-6-7(12)5-10(13)14/h7-9,11-12H,2-6H2,1H3,(H,13,14). The molecular formula is C10H19NO4. The van der Waals surface area contributed by atoms with Crippen molar-refractivity contribution in [2.24, 2.45) is 0 Å². The number of aliphatic hydroxyl groups excluding tert-OH is 1. The Hall–Kier alpha value is -0.650. The lowest BCUT2D eigenvalue weighted by Gasteiger charge is -2.21. The third-order valence-corrected chi connectivity index (χ3v) is 2.78. The van der Waals surface area contributed by atoms with E-state index >= 15 is 0 Å². The number of aliphatic hydroxyl groups is 1. The Morgan fingerprint density at radius 3 is 2.93 bits per heavy atom. The fourth-order valence-electron chi connectivity index (χ4n) is 2.00. The first-order chi connectivity index (χ1) is 7.13. The molecule has 3 N–H and O–H groups in total. The van der Waals surface area contributed by atoms with Crippen molar-refractivity contribution in [3.63, 3.8) is 0 Å². The molecule has 0 bridgehead atoms. The predicted molar refractivity (Wildman–Crippen MR) is 54.7 cm³/mol. The molecule has 0 saturated heterocycles. The Balaban J connectivity index is 2.21. The van der Waals surface area contributed by atoms with Crippen molar-refractivity contribution in [2.75, 3.05) is 13.7 Å². The fourth-order valence-corrected chi connectivity index (χ4v) is 2.00. The first-order valence-corrected chi connectivity index (χ1v) is 5.29. The van der Waals surface area contributed by atoms with Crippen molar-refractivity contribution < 1.29 is 19.7 Å². The Labute approximate surface area is 89.4 Å². The van der Waals surface area contributed by atoms with Crippen molar-refractivity contribution in [2.45, 2.75) is 43.9 Å². The van der Waals surface area contributed by atoms with E-state index in [1.165, 1.54) is 0 Å². The molecule has 88 valence electrons. The van der Waals surface area contributed by atoms with Crippen LogP contribution in [0.2, 0.25) is 0 Å². The molecule has 0 amide bonds. The summed E-state index contributed by atoms with van der Waals surface area (Å²) in [5, 5.41) is 21.0. The summed E-state index contributed by atoms with van der Waals surface area (Å²) in [6, 6.07) is 0.249. The van der Waals surface area contributed by atoms with Gasteiger partial charge in [0.15, 0.2) is 0 Å². The molecule has 0 aromatic heterocycles. The van der Waals surface area contributed by atoms with E-state index in [0.717, 1.165) is 19.3 Å². The van der Waals surface area contributed by atoms with Crippen LogP contribution >= 0.6 is 0 Å². The van der Waals surface area contributed by atoms with Crippen LogP contribution in [-0.4, -0.2) is 48.1 Å². The van der Waals surface area contributed by atoms with Crippen LogP contribution in [0.4, 0.5) is 0 Å². The van der Waals surface area contributed by atoms with Gasteiger partial charge in [0.05, 0.1) is 18.6 Å². The van der Waals surface area contributed by atoms with E-state index in [1.807, 2.05) is 0 Å². The molecule has 1 fully saturated rings. The largest absolute Gasteiger partial charge is 0.481 e. The number of rotatable bonds is 6. The molecule has 1 aliphatic rings. The summed E-state index contributed by atoms with van der Waals surface area (Å²) in [5.74, 6) is -0.973. The van der Waals surface area contributed by atoms with Gasteiger partial charge in [-0.3, -0.25) is 4.79 Å². The highest BCUT2D eigenvalue weighted by Crippen LogP contribution is 2.21. The average molecular weight is 217 g/mol. The molecule has 15 heavy (non-hydrogen) atoms. The average Bonchev–Trinajstić information content (AvgIpc) is 2.60. The summed E-state index contributed by atoms with van der Waals surface area (Å²) >= 11 is 0. The number of nitrogens with one attached hydrogen (secondary N) is 1. The van der Waals surface area contributed by atoms with Crippen LogP contribution in [0.5, 0.6) is 0 Å². The third-order valence-electron chi connectivity index (χ3n) is 2.78. The summed E-state index contributed by atoms with van der Waals surface area (Å²) in [4.78, 5) is 10.3. The molecular weight excluding hydrogens is 198 g/mol. The van der Waals surface area contributed by atoms with Gasteiger partial charge in [0, 0.05) is 19.7 Å². The molecule has 0 heterocycles. The number of carbonyl (C=O) groups is 1. The minimum Gasteiger partial charge on any atom is -0.481 e. The Morgan fingerprint density at radius 2 is 2.33 bits per heavy atom. The number of ether oxygens (including phenoxy) is 1. The quantitative estimate of drug-likeness (QED) is 0.582. The van der Waals surface area contributed by atoms with Crippen LogP contribution in [0.15, 0.2) is 0 Å². The highest BCUT2D eigenvalue weighted by atomic mass is 16.5. The van der Waals surface area contributed by atoms with E-state index in [9.17, 15) is 9.90 Å². The Morgan fingerprint density at radius 1 is 1.60 bits per heavy atom. The van der Waals surface area contributed by atoms with E-state index in [1.54, 1.807) is 7.11 Å². The second-order valence-corrected chi connectivity index (χ2v) is 3.97. The molecule has 0 aromatic rings. The number of hydrogen-bond donors (Lipinski definition) is 3. The van der Waals surface area contributed by atoms with Gasteiger partial charge in [-0.2, -0.15) is 0 Å². The molecule has 1 rings (SSSR count). The first kappa shape index (κ1) is 12.4. The maximum atomic E-state index is 10.3. The lowest BCUT2D eigenvalue weighted by Crippen LogP contribution is -2.41. The number of aliphatic carboxylic acids is 1. The number of methoxy groups -OCH3 is 1. The SMILES string of the molecule is COC1CCCC1NCC(O)CC(=O)O. The number of carboxylic acid groups (broad SMARTS) is 1. The minimum absolute atomic E-state index is 0.196. The molecule has 0 aliphatic heterocycles. The van der Waals surface area contributed by atoms with Gasteiger partial charge in [0.25, 0.3) is 0 Å². The molecule has 0 spiro atoms. The third kappa shape index (κ3) is 4.15. The highest BCUT2D eigenvalue weighted by molar-refractivity contribution is 5.67. The zero-order valence-corrected chi connectivity index (χ0v) is 8.98. The Kier molecular flexibility index (Phi) is 5.01. The van der Waals surface area contributed by atoms with Crippen molar-refractivity contribution in [1.82, 2.24) is 5.32 Å². The smallest absolute Gasteiger partial charge is 0.306 e. The van der Waals surface area contributed by atoms with Crippen molar-refractivity contribution >= 4 is 5.97 Å². The zero-order chi connectivity index (χ0) is 11.3. The van der Waals surface area contributed by atoms with Crippen LogP contribution in [0.1, 0.15) is 25.7 Å². The summed E-state index contributed by atoms with van der Waals surface area (Å²) < 4.78 is 5.28. The molecule has 5 nitrogen and oxygen atoms in total. The van der Waals surface area contributed by atoms with Gasteiger partial charge >= 0.3 is 5.97 Å². The highest BCUT2D eigenvalue weighted by Gasteiger charge is 2.27. The minimum atomic E-state index is -0.973. The lowest BCUT2D eigenvalue weighted by molar-refractivity contribution is -0.139. The molecule has 0 aromatic carbocycles. The fraction of sp³-hybridized carbons (Fsp3) is 0.900. The first-order valence-electron chi connectivity index (χ1n) is 5.29. The second-order valence-electron chi connectivity index (χ2n) is 3.97. The Bertz CT molecular complexity index is 210. The van der Waals surface area contributed by atoms with E-state index in [-0.39, 0.29) is 18.6 Å². The number of hydrogen-bond acceptors (Lipinski definition) is 4. The van der Waals surface area contributed by atoms with Crippen LogP contribution in [0, 0.1) is 0 Å². The van der Waals surface area contributed by atoms with Gasteiger partial charge in [0.1, 0.15) is 0 Å². The van der Waals surface area contributed by atoms with E-state index < -0.39 is 12.1 Å². The summed E-state index contributed by atoms with van der Waals surface area (Å²) in [7, 11) is 1.68. The summed E-state index contributed by atoms with van der Waals surface area (Å²) in [5.41, 5.74) is 0. The maximum Gasteiger partial charge on any atom is 0.306 e. The van der Waals surface area contributed by atoms with Crippen LogP contribution in [0.3, 0.4) is 0 Å². The van der Waals surface area contributed by atoms with Gasteiger partial charge in [-0.05, 0) is 19.3 Å². The zero-order valence-electron chi connectivity index (χ0n) is 8.98. The maximum absolute atomic E-state index is 10.3. The van der Waals surface area contributed by atoms with Crippen LogP contribution in [-0.2, 0) is 9.53 Å². The molecule has 1 saturated carbocycles. The topological polar surface area (TPSA) is 78.8 Å². The molecule has 1 aliphatic carbocycles. The van der Waals surface area contributed by atoms with E-state index in [0.29, 0.717) is 6.54 Å². The van der Waals surface area contributed by atoms with E-state index in [4.69, 9.17) is 9.84 Å². The van der Waals surface area contributed by atoms with Gasteiger partial charge < -0.3 is 20.3 Å². The molecule has 5 heteroatoms. The normalized spacial score (nSPS) is 27.9. The van der Waals surface area contributed by atoms with Crippen molar-refractivity contribution in [3.8, 4) is 0 Å². The summed E-state index contributed by atoms with van der Waals surface area (Å²) in [6.07, 6.45) is 2.34. The predicted octanol–water partition coefficient (Wildman–Crippen LogP) is -0.0209. The van der Waals surface area contributed by atoms with Gasteiger partial charge in [-0.1, -0.05) is 0 Å². The van der Waals surface area contributed by atoms with Gasteiger partial charge in [-0.25, -0.2) is 0 Å². The monoisotopic (exact) mass is 217 g/mol. The molecule has 3 atom stereocenters. The number of carboxylic acids is 1. The second kappa shape index (κ2) is 6.05. The van der Waals surface area contributed by atoms with Gasteiger partial charge in [0.2, 0.25) is 0 Å². The molecule has 0 radical (unpaired) electrons. The molecule has 3 unspecified atom stereocenters. The van der Waals surface area contributed by atoms with Gasteiger partial charge in [-0.15, -0.1) is 0 Å². The van der Waals surface area contributed by atoms with Crippen molar-refractivity contribution in [1.29, 1.82) is 0 Å². The lowest BCUT2D eigenvalue weighted by atomic mass is 10.2.